The number of nitrogen functional groups attached to an aromatic ring is 1. The predicted octanol–water partition coefficient (Wildman–Crippen LogP) is 1.49. The summed E-state index contributed by atoms with van der Waals surface area (Å²) in [5, 5.41) is 0. The smallest absolute Gasteiger partial charge is 0.199 e. The zero-order chi connectivity index (χ0) is 9.97. The van der Waals surface area contributed by atoms with Crippen molar-refractivity contribution in [2.24, 2.45) is 0 Å². The van der Waals surface area contributed by atoms with Crippen molar-refractivity contribution in [1.29, 1.82) is 0 Å². The highest BCUT2D eigenvalue weighted by Crippen LogP contribution is 2.14. The Morgan fingerprint density at radius 1 is 1.43 bits per heavy atom. The normalized spacial score (nSPS) is 10.0. The molecule has 0 saturated heterocycles. The molecule has 0 amide bonds. The molecule has 0 spiro atoms. The van der Waals surface area contributed by atoms with Gasteiger partial charge in [0.25, 0.3) is 0 Å². The summed E-state index contributed by atoms with van der Waals surface area (Å²) in [5.74, 6) is -0.177. The summed E-state index contributed by atoms with van der Waals surface area (Å²) >= 11 is 0. The summed E-state index contributed by atoms with van der Waals surface area (Å²) in [7, 11) is 0. The molecule has 70 valence electrons. The van der Waals surface area contributed by atoms with Crippen molar-refractivity contribution < 1.29 is 9.21 Å². The third-order valence-corrected chi connectivity index (χ3v) is 1.88. The van der Waals surface area contributed by atoms with Crippen LogP contribution in [0.5, 0.6) is 0 Å². The number of ketones is 1. The lowest BCUT2D eigenvalue weighted by molar-refractivity contribution is 0.103. The maximum absolute atomic E-state index is 11.7. The summed E-state index contributed by atoms with van der Waals surface area (Å²) in [5.41, 5.74) is 6.93. The number of hydrogen-bond acceptors (Lipinski definition) is 4. The first kappa shape index (κ1) is 8.50. The average molecular weight is 188 g/mol. The standard InChI is InChI=1S/C10H8N2O2/c11-9-1-3-12-5-8(9)10(13)7-2-4-14-6-7/h1-6H,(H2,11,12). The van der Waals surface area contributed by atoms with Crippen LogP contribution >= 0.6 is 0 Å². The van der Waals surface area contributed by atoms with Crippen molar-refractivity contribution in [1.82, 2.24) is 4.98 Å². The molecule has 2 aromatic heterocycles. The van der Waals surface area contributed by atoms with Gasteiger partial charge in [-0.2, -0.15) is 0 Å². The lowest BCUT2D eigenvalue weighted by Gasteiger charge is -2.00. The number of nitrogens with zero attached hydrogens (tertiary/aromatic N) is 1. The number of furan rings is 1. The Bertz CT molecular complexity index is 449. The van der Waals surface area contributed by atoms with Crippen molar-refractivity contribution in [2.45, 2.75) is 0 Å². The van der Waals surface area contributed by atoms with Gasteiger partial charge in [0.05, 0.1) is 17.4 Å². The number of aromatic nitrogens is 1. The van der Waals surface area contributed by atoms with E-state index in [-0.39, 0.29) is 5.78 Å². The minimum atomic E-state index is -0.177. The van der Waals surface area contributed by atoms with E-state index in [1.807, 2.05) is 0 Å². The first-order valence-electron chi connectivity index (χ1n) is 4.05. The fraction of sp³-hybridized carbons (Fsp3) is 0. The predicted molar refractivity (Wildman–Crippen MR) is 50.8 cm³/mol. The van der Waals surface area contributed by atoms with Gasteiger partial charge in [-0.1, -0.05) is 0 Å². The Balaban J connectivity index is 2.42. The molecule has 0 radical (unpaired) electrons. The van der Waals surface area contributed by atoms with E-state index in [4.69, 9.17) is 10.2 Å². The lowest BCUT2D eigenvalue weighted by Crippen LogP contribution is -2.04. The molecule has 2 aromatic rings. The first-order valence-corrected chi connectivity index (χ1v) is 4.05. The van der Waals surface area contributed by atoms with Crippen molar-refractivity contribution in [3.63, 3.8) is 0 Å². The number of nitrogens with two attached hydrogens (primary N) is 1. The highest BCUT2D eigenvalue weighted by Gasteiger charge is 2.12. The number of carbonyl (C=O) groups excluding carboxylic acids is 1. The fourth-order valence-corrected chi connectivity index (χ4v) is 1.14. The van der Waals surface area contributed by atoms with Crippen LogP contribution in [0.25, 0.3) is 0 Å². The van der Waals surface area contributed by atoms with Gasteiger partial charge in [-0.3, -0.25) is 9.78 Å². The fourth-order valence-electron chi connectivity index (χ4n) is 1.14. The van der Waals surface area contributed by atoms with Gasteiger partial charge in [0.15, 0.2) is 5.78 Å². The van der Waals surface area contributed by atoms with Crippen molar-refractivity contribution >= 4 is 11.5 Å². The van der Waals surface area contributed by atoms with E-state index in [9.17, 15) is 4.79 Å². The second-order valence-electron chi connectivity index (χ2n) is 2.80. The van der Waals surface area contributed by atoms with E-state index in [1.54, 1.807) is 18.3 Å². The number of anilines is 1. The summed E-state index contributed by atoms with van der Waals surface area (Å²) in [6, 6.07) is 3.18. The van der Waals surface area contributed by atoms with Crippen molar-refractivity contribution in [2.75, 3.05) is 5.73 Å². The molecule has 2 N–H and O–H groups in total. The Kier molecular flexibility index (Phi) is 2.02. The van der Waals surface area contributed by atoms with Crippen LogP contribution in [0.4, 0.5) is 5.69 Å². The van der Waals surface area contributed by atoms with E-state index in [2.05, 4.69) is 4.98 Å². The van der Waals surface area contributed by atoms with Crippen LogP contribution in [0, 0.1) is 0 Å². The van der Waals surface area contributed by atoms with Crippen LogP contribution in [0.15, 0.2) is 41.5 Å². The minimum Gasteiger partial charge on any atom is -0.472 e. The van der Waals surface area contributed by atoms with Gasteiger partial charge in [-0.15, -0.1) is 0 Å². The van der Waals surface area contributed by atoms with Crippen LogP contribution in [0.1, 0.15) is 15.9 Å². The van der Waals surface area contributed by atoms with Crippen molar-refractivity contribution in [3.05, 3.63) is 48.2 Å². The van der Waals surface area contributed by atoms with Gasteiger partial charge in [-0.25, -0.2) is 0 Å². The Morgan fingerprint density at radius 2 is 2.29 bits per heavy atom. The van der Waals surface area contributed by atoms with Gasteiger partial charge >= 0.3 is 0 Å². The van der Waals surface area contributed by atoms with Gasteiger partial charge in [-0.05, 0) is 12.1 Å². The third kappa shape index (κ3) is 1.37. The molecule has 0 bridgehead atoms. The summed E-state index contributed by atoms with van der Waals surface area (Å²) in [6.07, 6.45) is 5.82. The maximum Gasteiger partial charge on any atom is 0.199 e. The molecule has 0 aromatic carbocycles. The molecule has 0 unspecified atom stereocenters. The summed E-state index contributed by atoms with van der Waals surface area (Å²) < 4.78 is 4.81. The number of rotatable bonds is 2. The third-order valence-electron chi connectivity index (χ3n) is 1.88. The second kappa shape index (κ2) is 3.33. The van der Waals surface area contributed by atoms with E-state index < -0.39 is 0 Å². The quantitative estimate of drug-likeness (QED) is 0.725. The molecule has 0 aliphatic carbocycles. The molecule has 0 atom stereocenters. The summed E-state index contributed by atoms with van der Waals surface area (Å²) in [4.78, 5) is 15.6. The maximum atomic E-state index is 11.7. The summed E-state index contributed by atoms with van der Waals surface area (Å²) in [6.45, 7) is 0. The molecule has 4 nitrogen and oxygen atoms in total. The molecule has 14 heavy (non-hydrogen) atoms. The molecule has 0 fully saturated rings. The van der Waals surface area contributed by atoms with E-state index in [0.29, 0.717) is 16.8 Å². The van der Waals surface area contributed by atoms with Crippen LogP contribution in [-0.2, 0) is 0 Å². The van der Waals surface area contributed by atoms with Crippen molar-refractivity contribution in [3.8, 4) is 0 Å². The van der Waals surface area contributed by atoms with Crippen LogP contribution < -0.4 is 5.73 Å². The SMILES string of the molecule is Nc1ccncc1C(=O)c1ccoc1. The van der Waals surface area contributed by atoms with E-state index in [1.165, 1.54) is 18.7 Å². The molecule has 0 aliphatic rings. The number of carbonyl (C=O) groups is 1. The highest BCUT2D eigenvalue weighted by atomic mass is 16.3. The molecule has 4 heteroatoms. The number of pyridine rings is 1. The zero-order valence-electron chi connectivity index (χ0n) is 7.31. The van der Waals surface area contributed by atoms with Gasteiger partial charge in [0.2, 0.25) is 0 Å². The molecule has 0 saturated carbocycles. The van der Waals surface area contributed by atoms with Gasteiger partial charge in [0.1, 0.15) is 6.26 Å². The topological polar surface area (TPSA) is 69.1 Å². The van der Waals surface area contributed by atoms with Gasteiger partial charge < -0.3 is 10.2 Å². The van der Waals surface area contributed by atoms with E-state index >= 15 is 0 Å². The van der Waals surface area contributed by atoms with Crippen LogP contribution in [0.3, 0.4) is 0 Å². The first-order chi connectivity index (χ1) is 6.79. The molecule has 0 aliphatic heterocycles. The minimum absolute atomic E-state index is 0.177. The molecular weight excluding hydrogens is 180 g/mol. The Labute approximate surface area is 80.4 Å². The van der Waals surface area contributed by atoms with Gasteiger partial charge in [0, 0.05) is 18.1 Å². The molecular formula is C10H8N2O2. The monoisotopic (exact) mass is 188 g/mol. The zero-order valence-corrected chi connectivity index (χ0v) is 7.31. The molecule has 2 heterocycles. The molecule has 2 rings (SSSR count). The van der Waals surface area contributed by atoms with Crippen LogP contribution in [-0.4, -0.2) is 10.8 Å². The van der Waals surface area contributed by atoms with Crippen LogP contribution in [0.2, 0.25) is 0 Å². The second-order valence-corrected chi connectivity index (χ2v) is 2.80. The Hall–Kier alpha value is -2.10. The van der Waals surface area contributed by atoms with E-state index in [0.717, 1.165) is 0 Å². The number of hydrogen-bond donors (Lipinski definition) is 1. The lowest BCUT2D eigenvalue weighted by atomic mass is 10.1. The highest BCUT2D eigenvalue weighted by molar-refractivity contribution is 6.11. The largest absolute Gasteiger partial charge is 0.472 e. The average Bonchev–Trinajstić information content (AvgIpc) is 2.70. The Morgan fingerprint density at radius 3 is 2.93 bits per heavy atom.